The molecule has 3 heteroatoms. The van der Waals surface area contributed by atoms with E-state index >= 15 is 0 Å². The van der Waals surface area contributed by atoms with Crippen LogP contribution in [0, 0.1) is 5.41 Å². The summed E-state index contributed by atoms with van der Waals surface area (Å²) in [6.45, 7) is 10.9. The zero-order valence-electron chi connectivity index (χ0n) is 12.9. The molecule has 0 rings (SSSR count). The molecule has 0 aromatic rings. The number of nitrogens with one attached hydrogen (secondary N) is 1. The Balaban J connectivity index is 2.99. The summed E-state index contributed by atoms with van der Waals surface area (Å²) in [4.78, 5) is 0. The van der Waals surface area contributed by atoms with E-state index in [1.54, 1.807) is 0 Å². The van der Waals surface area contributed by atoms with Gasteiger partial charge in [-0.15, -0.1) is 0 Å². The third kappa shape index (κ3) is 15.9. The summed E-state index contributed by atoms with van der Waals surface area (Å²) in [5.41, 5.74) is 0.487. The molecule has 0 aliphatic heterocycles. The fraction of sp³-hybridized carbons (Fsp3) is 1.00. The number of ether oxygens (including phenoxy) is 2. The van der Waals surface area contributed by atoms with Crippen molar-refractivity contribution in [1.29, 1.82) is 0 Å². The minimum Gasteiger partial charge on any atom is -0.379 e. The van der Waals surface area contributed by atoms with Gasteiger partial charge in [0.25, 0.3) is 0 Å². The van der Waals surface area contributed by atoms with Crippen molar-refractivity contribution in [2.45, 2.75) is 52.9 Å². The van der Waals surface area contributed by atoms with E-state index in [9.17, 15) is 0 Å². The normalized spacial score (nSPS) is 12.0. The highest BCUT2D eigenvalue weighted by molar-refractivity contribution is 4.60. The summed E-state index contributed by atoms with van der Waals surface area (Å²) in [5.74, 6) is 0. The maximum Gasteiger partial charge on any atom is 0.0701 e. The summed E-state index contributed by atoms with van der Waals surface area (Å²) in [5, 5.41) is 3.04. The lowest BCUT2D eigenvalue weighted by molar-refractivity contribution is 0.0477. The molecule has 0 atom stereocenters. The van der Waals surface area contributed by atoms with Crippen molar-refractivity contribution in [2.75, 3.05) is 40.0 Å². The van der Waals surface area contributed by atoms with Crippen LogP contribution in [0.5, 0.6) is 0 Å². The molecule has 1 N–H and O–H groups in total. The quantitative estimate of drug-likeness (QED) is 0.546. The fourth-order valence-electron chi connectivity index (χ4n) is 1.71. The molecule has 0 heterocycles. The smallest absolute Gasteiger partial charge is 0.0701 e. The molecule has 0 bridgehead atoms. The lowest BCUT2D eigenvalue weighted by Crippen LogP contribution is -2.16. The molecule has 0 aliphatic carbocycles. The Morgan fingerprint density at radius 1 is 0.778 bits per heavy atom. The van der Waals surface area contributed by atoms with Gasteiger partial charge in [-0.2, -0.15) is 0 Å². The average molecular weight is 259 g/mol. The Labute approximate surface area is 114 Å². The molecule has 110 valence electrons. The van der Waals surface area contributed by atoms with Crippen LogP contribution >= 0.6 is 0 Å². The molecule has 0 aromatic carbocycles. The third-order valence-electron chi connectivity index (χ3n) is 2.83. The standard InChI is InChI=1S/C15H33NO2/c1-15(2,3)9-7-5-6-8-11-17-13-14-18-12-10-16-4/h16H,5-14H2,1-4H3. The van der Waals surface area contributed by atoms with Gasteiger partial charge in [0.05, 0.1) is 19.8 Å². The van der Waals surface area contributed by atoms with E-state index in [1.807, 2.05) is 7.05 Å². The Kier molecular flexibility index (Phi) is 11.9. The number of rotatable bonds is 12. The van der Waals surface area contributed by atoms with Gasteiger partial charge in [0, 0.05) is 13.2 Å². The summed E-state index contributed by atoms with van der Waals surface area (Å²) in [7, 11) is 1.93. The van der Waals surface area contributed by atoms with Crippen LogP contribution in [0.1, 0.15) is 52.9 Å². The summed E-state index contributed by atoms with van der Waals surface area (Å²) < 4.78 is 10.9. The van der Waals surface area contributed by atoms with Crippen LogP contribution in [0.15, 0.2) is 0 Å². The minimum atomic E-state index is 0.487. The zero-order valence-corrected chi connectivity index (χ0v) is 12.9. The van der Waals surface area contributed by atoms with Crippen molar-refractivity contribution in [1.82, 2.24) is 5.32 Å². The monoisotopic (exact) mass is 259 g/mol. The van der Waals surface area contributed by atoms with Gasteiger partial charge in [0.15, 0.2) is 0 Å². The topological polar surface area (TPSA) is 30.5 Å². The molecule has 0 aromatic heterocycles. The Morgan fingerprint density at radius 2 is 1.39 bits per heavy atom. The van der Waals surface area contributed by atoms with E-state index in [0.717, 1.165) is 26.4 Å². The summed E-state index contributed by atoms with van der Waals surface area (Å²) in [6.07, 6.45) is 6.47. The van der Waals surface area contributed by atoms with Crippen molar-refractivity contribution in [3.63, 3.8) is 0 Å². The van der Waals surface area contributed by atoms with E-state index in [1.165, 1.54) is 32.1 Å². The van der Waals surface area contributed by atoms with Crippen molar-refractivity contribution in [3.8, 4) is 0 Å². The second kappa shape index (κ2) is 11.9. The number of hydrogen-bond acceptors (Lipinski definition) is 3. The first-order chi connectivity index (χ1) is 8.56. The molecule has 0 spiro atoms. The number of likely N-dealkylation sites (N-methyl/N-ethyl adjacent to an activating group) is 1. The molecule has 0 fully saturated rings. The van der Waals surface area contributed by atoms with Crippen LogP contribution in [-0.4, -0.2) is 40.0 Å². The second-order valence-electron chi connectivity index (χ2n) is 6.05. The largest absolute Gasteiger partial charge is 0.379 e. The van der Waals surface area contributed by atoms with Crippen molar-refractivity contribution in [2.24, 2.45) is 5.41 Å². The van der Waals surface area contributed by atoms with Crippen LogP contribution in [-0.2, 0) is 9.47 Å². The average Bonchev–Trinajstić information content (AvgIpc) is 2.29. The fourth-order valence-corrected chi connectivity index (χ4v) is 1.71. The van der Waals surface area contributed by atoms with Gasteiger partial charge in [-0.1, -0.05) is 40.0 Å². The first-order valence-electron chi connectivity index (χ1n) is 7.36. The highest BCUT2D eigenvalue weighted by Gasteiger charge is 2.08. The minimum absolute atomic E-state index is 0.487. The van der Waals surface area contributed by atoms with E-state index in [-0.39, 0.29) is 0 Å². The molecule has 0 saturated carbocycles. The number of hydrogen-bond donors (Lipinski definition) is 1. The number of unbranched alkanes of at least 4 members (excludes halogenated alkanes) is 3. The highest BCUT2D eigenvalue weighted by atomic mass is 16.5. The Bertz CT molecular complexity index is 166. The van der Waals surface area contributed by atoms with Crippen LogP contribution in [0.4, 0.5) is 0 Å². The molecular formula is C15H33NO2. The van der Waals surface area contributed by atoms with Crippen LogP contribution in [0.2, 0.25) is 0 Å². The molecule has 0 unspecified atom stereocenters. The van der Waals surface area contributed by atoms with E-state index < -0.39 is 0 Å². The lowest BCUT2D eigenvalue weighted by Gasteiger charge is -2.17. The molecule has 0 radical (unpaired) electrons. The van der Waals surface area contributed by atoms with Crippen molar-refractivity contribution < 1.29 is 9.47 Å². The first-order valence-corrected chi connectivity index (χ1v) is 7.36. The predicted octanol–water partition coefficient (Wildman–Crippen LogP) is 3.24. The van der Waals surface area contributed by atoms with Crippen molar-refractivity contribution in [3.05, 3.63) is 0 Å². The molecule has 0 amide bonds. The maximum absolute atomic E-state index is 5.52. The Morgan fingerprint density at radius 3 is 2.00 bits per heavy atom. The highest BCUT2D eigenvalue weighted by Crippen LogP contribution is 2.22. The maximum atomic E-state index is 5.52. The summed E-state index contributed by atoms with van der Waals surface area (Å²) >= 11 is 0. The van der Waals surface area contributed by atoms with Gasteiger partial charge < -0.3 is 14.8 Å². The van der Waals surface area contributed by atoms with Gasteiger partial charge in [0.2, 0.25) is 0 Å². The molecule has 0 saturated heterocycles. The van der Waals surface area contributed by atoms with Gasteiger partial charge in [0.1, 0.15) is 0 Å². The lowest BCUT2D eigenvalue weighted by atomic mass is 9.89. The van der Waals surface area contributed by atoms with Gasteiger partial charge in [-0.25, -0.2) is 0 Å². The molecule has 0 aliphatic rings. The van der Waals surface area contributed by atoms with Gasteiger partial charge in [-0.05, 0) is 25.3 Å². The summed E-state index contributed by atoms with van der Waals surface area (Å²) in [6, 6.07) is 0. The van der Waals surface area contributed by atoms with E-state index in [0.29, 0.717) is 12.0 Å². The predicted molar refractivity (Wildman–Crippen MR) is 78.1 cm³/mol. The van der Waals surface area contributed by atoms with Crippen LogP contribution < -0.4 is 5.32 Å². The SMILES string of the molecule is CNCCOCCOCCCCCCC(C)(C)C. The second-order valence-corrected chi connectivity index (χ2v) is 6.05. The van der Waals surface area contributed by atoms with E-state index in [4.69, 9.17) is 9.47 Å². The van der Waals surface area contributed by atoms with Crippen LogP contribution in [0.3, 0.4) is 0 Å². The van der Waals surface area contributed by atoms with Gasteiger partial charge >= 0.3 is 0 Å². The van der Waals surface area contributed by atoms with Gasteiger partial charge in [-0.3, -0.25) is 0 Å². The molecular weight excluding hydrogens is 226 g/mol. The molecule has 3 nitrogen and oxygen atoms in total. The van der Waals surface area contributed by atoms with E-state index in [2.05, 4.69) is 26.1 Å². The third-order valence-corrected chi connectivity index (χ3v) is 2.83. The molecule has 18 heavy (non-hydrogen) atoms. The zero-order chi connectivity index (χ0) is 13.7. The van der Waals surface area contributed by atoms with Crippen molar-refractivity contribution >= 4 is 0 Å². The Hall–Kier alpha value is -0.120. The van der Waals surface area contributed by atoms with Crippen LogP contribution in [0.25, 0.3) is 0 Å². The first kappa shape index (κ1) is 17.9.